The maximum atomic E-state index is 13.8. The first-order valence-electron chi connectivity index (χ1n) is 6.60. The van der Waals surface area contributed by atoms with Gasteiger partial charge in [-0.1, -0.05) is 0 Å². The van der Waals surface area contributed by atoms with Gasteiger partial charge in [0.15, 0.2) is 0 Å². The summed E-state index contributed by atoms with van der Waals surface area (Å²) in [5, 5.41) is 15.3. The third-order valence-electron chi connectivity index (χ3n) is 2.93. The summed E-state index contributed by atoms with van der Waals surface area (Å²) in [5.74, 6) is -3.21. The maximum Gasteiger partial charge on any atom is 0.306 e. The number of benzene rings is 2. The molecule has 0 heterocycles. The minimum absolute atomic E-state index is 0.0718. The molecule has 24 heavy (non-hydrogen) atoms. The number of nitrogens with zero attached hydrogens (tertiary/aromatic N) is 1. The van der Waals surface area contributed by atoms with E-state index in [9.17, 15) is 28.5 Å². The zero-order chi connectivity index (χ0) is 17.9. The van der Waals surface area contributed by atoms with E-state index in [-0.39, 0.29) is 16.9 Å². The lowest BCUT2D eigenvalue weighted by atomic mass is 10.1. The van der Waals surface area contributed by atoms with Gasteiger partial charge in [0.25, 0.3) is 5.91 Å². The van der Waals surface area contributed by atoms with Crippen LogP contribution in [0.4, 0.5) is 25.8 Å². The molecular weight excluding hydrogens is 324 g/mol. The van der Waals surface area contributed by atoms with Crippen LogP contribution in [0, 0.1) is 21.7 Å². The first-order chi connectivity index (χ1) is 11.3. The van der Waals surface area contributed by atoms with Gasteiger partial charge in [0.1, 0.15) is 5.82 Å². The Kier molecular flexibility index (Phi) is 4.83. The smallest absolute Gasteiger partial charge is 0.306 e. The van der Waals surface area contributed by atoms with Crippen molar-refractivity contribution in [2.75, 3.05) is 10.6 Å². The van der Waals surface area contributed by atoms with E-state index in [0.29, 0.717) is 0 Å². The fourth-order valence-corrected chi connectivity index (χ4v) is 1.91. The quantitative estimate of drug-likeness (QED) is 0.662. The van der Waals surface area contributed by atoms with Gasteiger partial charge < -0.3 is 10.6 Å². The molecule has 0 aliphatic rings. The number of amides is 2. The number of hydrogen-bond donors (Lipinski definition) is 2. The number of carbonyl (C=O) groups is 2. The highest BCUT2D eigenvalue weighted by Crippen LogP contribution is 2.23. The standard InChI is InChI=1S/C15H11F2N3O4/c1-8(21)18-9-2-4-12(16)11(6-9)15(22)19-10-3-5-13(17)14(7-10)20(23)24/h2-7H,1H3,(H,18,21)(H,19,22). The van der Waals surface area contributed by atoms with Crippen molar-refractivity contribution < 1.29 is 23.3 Å². The number of nitro benzene ring substituents is 1. The normalized spacial score (nSPS) is 10.1. The van der Waals surface area contributed by atoms with Crippen molar-refractivity contribution in [1.29, 1.82) is 0 Å². The molecule has 0 atom stereocenters. The summed E-state index contributed by atoms with van der Waals surface area (Å²) in [5.41, 5.74) is -1.06. The zero-order valence-corrected chi connectivity index (χ0v) is 12.3. The molecular formula is C15H11F2N3O4. The van der Waals surface area contributed by atoms with E-state index in [4.69, 9.17) is 0 Å². The lowest BCUT2D eigenvalue weighted by Crippen LogP contribution is -2.15. The third-order valence-corrected chi connectivity index (χ3v) is 2.93. The van der Waals surface area contributed by atoms with Crippen LogP contribution in [0.1, 0.15) is 17.3 Å². The van der Waals surface area contributed by atoms with Crippen LogP contribution in [-0.4, -0.2) is 16.7 Å². The molecule has 0 radical (unpaired) electrons. The van der Waals surface area contributed by atoms with Gasteiger partial charge in [-0.05, 0) is 30.3 Å². The van der Waals surface area contributed by atoms with E-state index in [0.717, 1.165) is 30.3 Å². The predicted octanol–water partition coefficient (Wildman–Crippen LogP) is 3.08. The highest BCUT2D eigenvalue weighted by molar-refractivity contribution is 6.05. The van der Waals surface area contributed by atoms with Crippen molar-refractivity contribution in [3.05, 3.63) is 63.7 Å². The van der Waals surface area contributed by atoms with Crippen molar-refractivity contribution in [1.82, 2.24) is 0 Å². The van der Waals surface area contributed by atoms with Crippen LogP contribution in [0.5, 0.6) is 0 Å². The molecule has 0 aromatic heterocycles. The molecule has 2 amide bonds. The molecule has 2 N–H and O–H groups in total. The van der Waals surface area contributed by atoms with Crippen LogP contribution in [0.15, 0.2) is 36.4 Å². The summed E-state index contributed by atoms with van der Waals surface area (Å²) in [6.45, 7) is 1.25. The van der Waals surface area contributed by atoms with Crippen LogP contribution in [0.2, 0.25) is 0 Å². The summed E-state index contributed by atoms with van der Waals surface area (Å²) >= 11 is 0. The number of hydrogen-bond acceptors (Lipinski definition) is 4. The molecule has 2 aromatic carbocycles. The minimum Gasteiger partial charge on any atom is -0.326 e. The second kappa shape index (κ2) is 6.82. The number of halogens is 2. The summed E-state index contributed by atoms with van der Waals surface area (Å²) in [6, 6.07) is 6.13. The van der Waals surface area contributed by atoms with Crippen LogP contribution in [-0.2, 0) is 4.79 Å². The van der Waals surface area contributed by atoms with E-state index >= 15 is 0 Å². The Morgan fingerprint density at radius 1 is 1.00 bits per heavy atom. The van der Waals surface area contributed by atoms with Gasteiger partial charge >= 0.3 is 5.69 Å². The highest BCUT2D eigenvalue weighted by Gasteiger charge is 2.17. The van der Waals surface area contributed by atoms with Crippen molar-refractivity contribution in [3.63, 3.8) is 0 Å². The zero-order valence-electron chi connectivity index (χ0n) is 12.3. The van der Waals surface area contributed by atoms with Crippen LogP contribution < -0.4 is 10.6 Å². The lowest BCUT2D eigenvalue weighted by molar-refractivity contribution is -0.387. The van der Waals surface area contributed by atoms with Crippen molar-refractivity contribution in [3.8, 4) is 0 Å². The van der Waals surface area contributed by atoms with E-state index < -0.39 is 34.1 Å². The van der Waals surface area contributed by atoms with Gasteiger partial charge in [0, 0.05) is 24.4 Å². The van der Waals surface area contributed by atoms with Crippen LogP contribution in [0.25, 0.3) is 0 Å². The van der Waals surface area contributed by atoms with Gasteiger partial charge in [-0.3, -0.25) is 19.7 Å². The van der Waals surface area contributed by atoms with Crippen molar-refractivity contribution >= 4 is 28.9 Å². The van der Waals surface area contributed by atoms with Gasteiger partial charge in [-0.15, -0.1) is 0 Å². The molecule has 9 heteroatoms. The first-order valence-corrected chi connectivity index (χ1v) is 6.60. The Labute approximate surface area is 134 Å². The summed E-state index contributed by atoms with van der Waals surface area (Å²) in [7, 11) is 0. The lowest BCUT2D eigenvalue weighted by Gasteiger charge is -2.09. The molecule has 0 saturated heterocycles. The van der Waals surface area contributed by atoms with Crippen molar-refractivity contribution in [2.24, 2.45) is 0 Å². The molecule has 0 aliphatic carbocycles. The van der Waals surface area contributed by atoms with Crippen LogP contribution >= 0.6 is 0 Å². The Bertz CT molecular complexity index is 839. The summed E-state index contributed by atoms with van der Waals surface area (Å²) in [6.07, 6.45) is 0. The topological polar surface area (TPSA) is 101 Å². The molecule has 0 unspecified atom stereocenters. The largest absolute Gasteiger partial charge is 0.326 e. The molecule has 0 bridgehead atoms. The number of carbonyl (C=O) groups excluding carboxylic acids is 2. The van der Waals surface area contributed by atoms with Gasteiger partial charge in [0.2, 0.25) is 11.7 Å². The minimum atomic E-state index is -1.06. The number of anilines is 2. The predicted molar refractivity (Wildman–Crippen MR) is 81.7 cm³/mol. The van der Waals surface area contributed by atoms with E-state index in [2.05, 4.69) is 10.6 Å². The molecule has 2 aromatic rings. The Hall–Kier alpha value is -3.36. The third kappa shape index (κ3) is 3.88. The van der Waals surface area contributed by atoms with Crippen LogP contribution in [0.3, 0.4) is 0 Å². The average Bonchev–Trinajstić information content (AvgIpc) is 2.50. The second-order valence-corrected chi connectivity index (χ2v) is 4.75. The molecule has 7 nitrogen and oxygen atoms in total. The first kappa shape index (κ1) is 17.0. The molecule has 0 fully saturated rings. The number of nitro groups is 1. The average molecular weight is 335 g/mol. The Morgan fingerprint density at radius 2 is 1.58 bits per heavy atom. The molecule has 124 valence electrons. The summed E-state index contributed by atoms with van der Waals surface area (Å²) < 4.78 is 27.1. The number of nitrogens with one attached hydrogen (secondary N) is 2. The Morgan fingerprint density at radius 3 is 2.17 bits per heavy atom. The van der Waals surface area contributed by atoms with E-state index in [1.165, 1.54) is 13.0 Å². The number of rotatable bonds is 4. The maximum absolute atomic E-state index is 13.8. The Balaban J connectivity index is 2.28. The monoisotopic (exact) mass is 335 g/mol. The van der Waals surface area contributed by atoms with Crippen molar-refractivity contribution in [2.45, 2.75) is 6.92 Å². The molecule has 2 rings (SSSR count). The van der Waals surface area contributed by atoms with Gasteiger partial charge in [0.05, 0.1) is 10.5 Å². The second-order valence-electron chi connectivity index (χ2n) is 4.75. The fourth-order valence-electron chi connectivity index (χ4n) is 1.91. The molecule has 0 saturated carbocycles. The summed E-state index contributed by atoms with van der Waals surface area (Å²) in [4.78, 5) is 32.9. The van der Waals surface area contributed by atoms with E-state index in [1.807, 2.05) is 0 Å². The SMILES string of the molecule is CC(=O)Nc1ccc(F)c(C(=O)Nc2ccc(F)c([N+](=O)[O-])c2)c1. The fraction of sp³-hybridized carbons (Fsp3) is 0.0667. The molecule has 0 aliphatic heterocycles. The van der Waals surface area contributed by atoms with Gasteiger partial charge in [-0.25, -0.2) is 4.39 Å². The molecule has 0 spiro atoms. The highest BCUT2D eigenvalue weighted by atomic mass is 19.1. The van der Waals surface area contributed by atoms with Gasteiger partial charge in [-0.2, -0.15) is 4.39 Å². The van der Waals surface area contributed by atoms with E-state index in [1.54, 1.807) is 0 Å².